The van der Waals surface area contributed by atoms with Crippen LogP contribution in [0.15, 0.2) is 23.0 Å². The molecule has 3 aromatic heterocycles. The predicted octanol–water partition coefficient (Wildman–Crippen LogP) is 2.94. The average Bonchev–Trinajstić information content (AvgIpc) is 3.35. The fraction of sp³-hybridized carbons (Fsp3) is 0.400. The highest BCUT2D eigenvalue weighted by molar-refractivity contribution is 7.15. The van der Waals surface area contributed by atoms with Crippen LogP contribution in [0.3, 0.4) is 0 Å². The zero-order chi connectivity index (χ0) is 19.6. The molecule has 0 aliphatic carbocycles. The van der Waals surface area contributed by atoms with Crippen LogP contribution < -0.4 is 0 Å². The molecule has 0 bridgehead atoms. The van der Waals surface area contributed by atoms with Crippen molar-refractivity contribution in [2.45, 2.75) is 26.6 Å². The minimum Gasteiger partial charge on any atom is -0.336 e. The maximum atomic E-state index is 12.5. The number of alkyl halides is 3. The fourth-order valence-corrected chi connectivity index (χ4v) is 3.23. The monoisotopic (exact) mass is 400 g/mol. The van der Waals surface area contributed by atoms with Gasteiger partial charge in [-0.05, 0) is 26.0 Å². The van der Waals surface area contributed by atoms with Gasteiger partial charge in [0.2, 0.25) is 11.6 Å². The second-order valence-corrected chi connectivity index (χ2v) is 6.60. The van der Waals surface area contributed by atoms with Gasteiger partial charge >= 0.3 is 12.1 Å². The lowest BCUT2D eigenvalue weighted by atomic mass is 10.4. The van der Waals surface area contributed by atoms with E-state index in [0.717, 1.165) is 4.88 Å². The van der Waals surface area contributed by atoms with E-state index < -0.39 is 12.1 Å². The number of hydrogen-bond acceptors (Lipinski definition) is 7. The summed E-state index contributed by atoms with van der Waals surface area (Å²) in [6.07, 6.45) is -3.24. The molecule has 144 valence electrons. The molecule has 1 amide bonds. The van der Waals surface area contributed by atoms with Crippen molar-refractivity contribution in [2.75, 3.05) is 13.1 Å². The minimum absolute atomic E-state index is 0.100. The van der Waals surface area contributed by atoms with Crippen molar-refractivity contribution < 1.29 is 22.5 Å². The van der Waals surface area contributed by atoms with Crippen molar-refractivity contribution in [2.24, 2.45) is 0 Å². The topological polar surface area (TPSA) is 89.9 Å². The molecule has 3 heterocycles. The van der Waals surface area contributed by atoms with Crippen LogP contribution in [0, 0.1) is 0 Å². The zero-order valence-electron chi connectivity index (χ0n) is 14.4. The third-order valence-electron chi connectivity index (χ3n) is 3.65. The standard InChI is InChI=1S/C15H15F3N6O2S/c1-3-23(4-2)13(25)12-19-8-24(21-12)7-9-5-6-10(27-9)11-20-14(26-22-11)15(16,17)18/h5-6,8H,3-4,7H2,1-2H3. The van der Waals surface area contributed by atoms with E-state index in [9.17, 15) is 18.0 Å². The van der Waals surface area contributed by atoms with Crippen LogP contribution in [-0.4, -0.2) is 48.8 Å². The Morgan fingerprint density at radius 1 is 1.30 bits per heavy atom. The Kier molecular flexibility index (Phi) is 5.26. The Morgan fingerprint density at radius 3 is 2.67 bits per heavy atom. The van der Waals surface area contributed by atoms with Gasteiger partial charge in [-0.1, -0.05) is 5.16 Å². The van der Waals surface area contributed by atoms with Gasteiger partial charge in [0.05, 0.1) is 11.4 Å². The first-order valence-electron chi connectivity index (χ1n) is 8.00. The van der Waals surface area contributed by atoms with E-state index in [-0.39, 0.29) is 17.6 Å². The second-order valence-electron chi connectivity index (χ2n) is 5.43. The molecule has 0 saturated heterocycles. The number of rotatable bonds is 6. The molecule has 12 heteroatoms. The van der Waals surface area contributed by atoms with E-state index in [1.54, 1.807) is 17.0 Å². The van der Waals surface area contributed by atoms with E-state index in [1.807, 2.05) is 13.8 Å². The molecule has 8 nitrogen and oxygen atoms in total. The molecule has 0 aromatic carbocycles. The van der Waals surface area contributed by atoms with Gasteiger partial charge in [0.25, 0.3) is 5.91 Å². The van der Waals surface area contributed by atoms with Crippen molar-refractivity contribution in [3.63, 3.8) is 0 Å². The third kappa shape index (κ3) is 4.15. The van der Waals surface area contributed by atoms with Crippen molar-refractivity contribution in [1.82, 2.24) is 29.8 Å². The summed E-state index contributed by atoms with van der Waals surface area (Å²) in [4.78, 5) is 22.4. The van der Waals surface area contributed by atoms with Crippen LogP contribution in [0.1, 0.15) is 35.2 Å². The number of aromatic nitrogens is 5. The molecular weight excluding hydrogens is 385 g/mol. The van der Waals surface area contributed by atoms with E-state index in [4.69, 9.17) is 0 Å². The highest BCUT2D eigenvalue weighted by atomic mass is 32.1. The zero-order valence-corrected chi connectivity index (χ0v) is 15.2. The summed E-state index contributed by atoms with van der Waals surface area (Å²) in [7, 11) is 0. The van der Waals surface area contributed by atoms with Crippen LogP contribution in [-0.2, 0) is 12.7 Å². The molecule has 27 heavy (non-hydrogen) atoms. The van der Waals surface area contributed by atoms with Crippen LogP contribution in [0.4, 0.5) is 13.2 Å². The van der Waals surface area contributed by atoms with Gasteiger partial charge < -0.3 is 9.42 Å². The number of thiophene rings is 1. The van der Waals surface area contributed by atoms with Gasteiger partial charge in [0, 0.05) is 18.0 Å². The maximum absolute atomic E-state index is 12.5. The Labute approximate surface area is 155 Å². The third-order valence-corrected chi connectivity index (χ3v) is 4.71. The first-order valence-corrected chi connectivity index (χ1v) is 8.82. The number of carbonyl (C=O) groups is 1. The van der Waals surface area contributed by atoms with Gasteiger partial charge in [-0.2, -0.15) is 18.2 Å². The van der Waals surface area contributed by atoms with E-state index in [2.05, 4.69) is 24.7 Å². The van der Waals surface area contributed by atoms with Crippen molar-refractivity contribution in [3.05, 3.63) is 35.1 Å². The molecule has 0 spiro atoms. The molecule has 0 atom stereocenters. The predicted molar refractivity (Wildman–Crippen MR) is 89.0 cm³/mol. The summed E-state index contributed by atoms with van der Waals surface area (Å²) in [5, 5.41) is 7.52. The van der Waals surface area contributed by atoms with Crippen LogP contribution in [0.5, 0.6) is 0 Å². The number of nitrogens with zero attached hydrogens (tertiary/aromatic N) is 6. The lowest BCUT2D eigenvalue weighted by Crippen LogP contribution is -2.31. The number of carbonyl (C=O) groups excluding carboxylic acids is 1. The lowest BCUT2D eigenvalue weighted by molar-refractivity contribution is -0.159. The molecule has 0 aliphatic rings. The summed E-state index contributed by atoms with van der Waals surface area (Å²) in [6, 6.07) is 3.32. The fourth-order valence-electron chi connectivity index (χ4n) is 2.30. The molecule has 0 fully saturated rings. The van der Waals surface area contributed by atoms with E-state index in [0.29, 0.717) is 24.5 Å². The second kappa shape index (κ2) is 7.47. The normalized spacial score (nSPS) is 11.7. The van der Waals surface area contributed by atoms with Crippen molar-refractivity contribution in [3.8, 4) is 10.7 Å². The molecule has 0 unspecified atom stereocenters. The smallest absolute Gasteiger partial charge is 0.336 e. The highest BCUT2D eigenvalue weighted by Gasteiger charge is 2.38. The lowest BCUT2D eigenvalue weighted by Gasteiger charge is -2.15. The molecular formula is C15H15F3N6O2S. The van der Waals surface area contributed by atoms with Crippen molar-refractivity contribution >= 4 is 17.2 Å². The molecule has 0 saturated carbocycles. The molecule has 0 radical (unpaired) electrons. The molecule has 0 N–H and O–H groups in total. The minimum atomic E-state index is -4.68. The summed E-state index contributed by atoms with van der Waals surface area (Å²) in [5.74, 6) is -1.67. The van der Waals surface area contributed by atoms with Crippen LogP contribution in [0.25, 0.3) is 10.7 Å². The van der Waals surface area contributed by atoms with Crippen LogP contribution in [0.2, 0.25) is 0 Å². The molecule has 3 aromatic rings. The maximum Gasteiger partial charge on any atom is 0.471 e. The summed E-state index contributed by atoms with van der Waals surface area (Å²) < 4.78 is 43.4. The van der Waals surface area contributed by atoms with Crippen molar-refractivity contribution in [1.29, 1.82) is 0 Å². The number of hydrogen-bond donors (Lipinski definition) is 0. The average molecular weight is 400 g/mol. The molecule has 3 rings (SSSR count). The van der Waals surface area contributed by atoms with Gasteiger partial charge in [-0.25, -0.2) is 9.67 Å². The Balaban J connectivity index is 1.71. The first kappa shape index (κ1) is 19.0. The largest absolute Gasteiger partial charge is 0.471 e. The summed E-state index contributed by atoms with van der Waals surface area (Å²) >= 11 is 1.20. The Bertz CT molecular complexity index is 928. The Morgan fingerprint density at radius 2 is 2.04 bits per heavy atom. The number of halogens is 3. The van der Waals surface area contributed by atoms with E-state index in [1.165, 1.54) is 22.3 Å². The quantitative estimate of drug-likeness (QED) is 0.632. The van der Waals surface area contributed by atoms with Gasteiger partial charge in [-0.15, -0.1) is 16.4 Å². The summed E-state index contributed by atoms with van der Waals surface area (Å²) in [6.45, 7) is 5.17. The SMILES string of the molecule is CCN(CC)C(=O)c1ncn(Cc2ccc(-c3noc(C(F)(F)F)n3)s2)n1. The van der Waals surface area contributed by atoms with Gasteiger partial charge in [0.15, 0.2) is 0 Å². The van der Waals surface area contributed by atoms with Crippen LogP contribution >= 0.6 is 11.3 Å². The molecule has 0 aliphatic heterocycles. The van der Waals surface area contributed by atoms with Gasteiger partial charge in [0.1, 0.15) is 6.33 Å². The number of amides is 1. The van der Waals surface area contributed by atoms with Gasteiger partial charge in [-0.3, -0.25) is 4.79 Å². The van der Waals surface area contributed by atoms with E-state index >= 15 is 0 Å². The highest BCUT2D eigenvalue weighted by Crippen LogP contribution is 2.31. The first-order chi connectivity index (χ1) is 12.8. The summed E-state index contributed by atoms with van der Waals surface area (Å²) in [5.41, 5.74) is 0. The Hall–Kier alpha value is -2.76.